The van der Waals surface area contributed by atoms with Crippen LogP contribution in [0.1, 0.15) is 23.2 Å². The lowest BCUT2D eigenvalue weighted by Crippen LogP contribution is -2.11. The zero-order valence-corrected chi connectivity index (χ0v) is 12.5. The van der Waals surface area contributed by atoms with Crippen molar-refractivity contribution in [3.63, 3.8) is 0 Å². The highest BCUT2D eigenvalue weighted by Crippen LogP contribution is 2.32. The quantitative estimate of drug-likeness (QED) is 0.617. The Morgan fingerprint density at radius 1 is 1.50 bits per heavy atom. The second-order valence-electron chi connectivity index (χ2n) is 4.04. The van der Waals surface area contributed by atoms with Gasteiger partial charge in [0.05, 0.1) is 12.9 Å². The first-order valence-electron chi connectivity index (χ1n) is 5.78. The molecule has 7 heteroatoms. The van der Waals surface area contributed by atoms with E-state index in [1.54, 1.807) is 6.08 Å². The molecule has 0 saturated carbocycles. The molecule has 0 aromatic heterocycles. The SMILES string of the molecule is C=CCCCS(=O)(=O)c1cc(Cl)cc(C(=O)O)c1OC. The van der Waals surface area contributed by atoms with Crippen molar-refractivity contribution < 1.29 is 23.1 Å². The Kier molecular flexibility index (Phi) is 5.59. The fraction of sp³-hybridized carbons (Fsp3) is 0.308. The minimum Gasteiger partial charge on any atom is -0.494 e. The normalized spacial score (nSPS) is 11.1. The molecule has 5 nitrogen and oxygen atoms in total. The summed E-state index contributed by atoms with van der Waals surface area (Å²) in [5.41, 5.74) is -0.276. The zero-order chi connectivity index (χ0) is 15.3. The predicted molar refractivity (Wildman–Crippen MR) is 76.4 cm³/mol. The minimum atomic E-state index is -3.67. The monoisotopic (exact) mass is 318 g/mol. The van der Waals surface area contributed by atoms with Gasteiger partial charge in [-0.2, -0.15) is 0 Å². The molecule has 1 aromatic carbocycles. The number of carbonyl (C=O) groups is 1. The number of benzene rings is 1. The molecular weight excluding hydrogens is 304 g/mol. The van der Waals surface area contributed by atoms with Gasteiger partial charge in [-0.1, -0.05) is 17.7 Å². The van der Waals surface area contributed by atoms with E-state index < -0.39 is 15.8 Å². The van der Waals surface area contributed by atoms with E-state index in [0.717, 1.165) is 6.07 Å². The van der Waals surface area contributed by atoms with Gasteiger partial charge in [-0.05, 0) is 25.0 Å². The van der Waals surface area contributed by atoms with Crippen LogP contribution in [0.2, 0.25) is 5.02 Å². The molecule has 0 radical (unpaired) electrons. The Labute approximate surface area is 122 Å². The summed E-state index contributed by atoms with van der Waals surface area (Å²) in [6, 6.07) is 2.36. The van der Waals surface area contributed by atoms with E-state index in [4.69, 9.17) is 21.4 Å². The Balaban J connectivity index is 3.36. The van der Waals surface area contributed by atoms with E-state index in [0.29, 0.717) is 12.8 Å². The molecule has 1 N–H and O–H groups in total. The molecule has 0 spiro atoms. The molecule has 1 aromatic rings. The molecule has 0 aliphatic carbocycles. The number of carboxylic acids is 1. The number of hydrogen-bond donors (Lipinski definition) is 1. The first kappa shape index (κ1) is 16.5. The summed E-state index contributed by atoms with van der Waals surface area (Å²) >= 11 is 5.79. The highest BCUT2D eigenvalue weighted by atomic mass is 35.5. The second-order valence-corrected chi connectivity index (χ2v) is 6.55. The topological polar surface area (TPSA) is 80.7 Å². The van der Waals surface area contributed by atoms with Crippen molar-refractivity contribution in [2.75, 3.05) is 12.9 Å². The van der Waals surface area contributed by atoms with Gasteiger partial charge in [-0.15, -0.1) is 6.58 Å². The van der Waals surface area contributed by atoms with Gasteiger partial charge >= 0.3 is 5.97 Å². The number of hydrogen-bond acceptors (Lipinski definition) is 4. The van der Waals surface area contributed by atoms with Gasteiger partial charge < -0.3 is 9.84 Å². The van der Waals surface area contributed by atoms with E-state index >= 15 is 0 Å². The number of halogens is 1. The van der Waals surface area contributed by atoms with Crippen LogP contribution in [0.5, 0.6) is 5.75 Å². The van der Waals surface area contributed by atoms with Crippen LogP contribution in [0, 0.1) is 0 Å². The van der Waals surface area contributed by atoms with Crippen LogP contribution in [0.15, 0.2) is 29.7 Å². The fourth-order valence-corrected chi connectivity index (χ4v) is 3.53. The van der Waals surface area contributed by atoms with Gasteiger partial charge in [0.2, 0.25) is 0 Å². The van der Waals surface area contributed by atoms with Crippen LogP contribution in [0.4, 0.5) is 0 Å². The summed E-state index contributed by atoms with van der Waals surface area (Å²) in [4.78, 5) is 10.9. The molecule has 0 bridgehead atoms. The Hall–Kier alpha value is -1.53. The van der Waals surface area contributed by atoms with E-state index in [1.165, 1.54) is 13.2 Å². The molecular formula is C13H15ClO5S. The van der Waals surface area contributed by atoms with Crippen molar-refractivity contribution in [2.24, 2.45) is 0 Å². The van der Waals surface area contributed by atoms with Crippen LogP contribution in [-0.4, -0.2) is 32.4 Å². The summed E-state index contributed by atoms with van der Waals surface area (Å²) < 4.78 is 29.4. The van der Waals surface area contributed by atoms with Gasteiger partial charge in [0.1, 0.15) is 10.5 Å². The standard InChI is InChI=1S/C13H15ClO5S/c1-3-4-5-6-20(17,18)11-8-9(14)7-10(13(15)16)12(11)19-2/h3,7-8H,1,4-6H2,2H3,(H,15,16). The van der Waals surface area contributed by atoms with Crippen molar-refractivity contribution >= 4 is 27.4 Å². The average Bonchev–Trinajstić information content (AvgIpc) is 2.37. The molecule has 0 atom stereocenters. The van der Waals surface area contributed by atoms with E-state index in [1.807, 2.05) is 0 Å². The third-order valence-corrected chi connectivity index (χ3v) is 4.63. The summed E-state index contributed by atoms with van der Waals surface area (Å²) in [7, 11) is -2.45. The minimum absolute atomic E-state index is 0.0329. The highest BCUT2D eigenvalue weighted by Gasteiger charge is 2.25. The fourth-order valence-electron chi connectivity index (χ4n) is 1.70. The maximum atomic E-state index is 12.2. The molecule has 110 valence electrons. The van der Waals surface area contributed by atoms with Crippen molar-refractivity contribution in [1.82, 2.24) is 0 Å². The summed E-state index contributed by atoms with van der Waals surface area (Å²) in [5, 5.41) is 9.11. The van der Waals surface area contributed by atoms with E-state index in [2.05, 4.69) is 6.58 Å². The lowest BCUT2D eigenvalue weighted by Gasteiger charge is -2.12. The third kappa shape index (κ3) is 3.74. The molecule has 0 aliphatic heterocycles. The molecule has 0 amide bonds. The molecule has 1 rings (SSSR count). The van der Waals surface area contributed by atoms with Crippen LogP contribution in [0.3, 0.4) is 0 Å². The summed E-state index contributed by atoms with van der Waals surface area (Å²) in [6.07, 6.45) is 2.56. The van der Waals surface area contributed by atoms with Gasteiger partial charge in [0.15, 0.2) is 15.6 Å². The molecule has 0 unspecified atom stereocenters. The zero-order valence-electron chi connectivity index (χ0n) is 10.9. The van der Waals surface area contributed by atoms with Crippen molar-refractivity contribution in [1.29, 1.82) is 0 Å². The number of ether oxygens (including phenoxy) is 1. The van der Waals surface area contributed by atoms with Gasteiger partial charge in [-0.3, -0.25) is 0 Å². The smallest absolute Gasteiger partial charge is 0.339 e. The number of allylic oxidation sites excluding steroid dienone is 1. The second kappa shape index (κ2) is 6.76. The predicted octanol–water partition coefficient (Wildman–Crippen LogP) is 2.79. The number of carboxylic acid groups (broad SMARTS) is 1. The molecule has 0 saturated heterocycles. The van der Waals surface area contributed by atoms with Crippen molar-refractivity contribution in [2.45, 2.75) is 17.7 Å². The number of rotatable bonds is 7. The molecule has 0 aliphatic rings. The lowest BCUT2D eigenvalue weighted by molar-refractivity contribution is 0.0693. The third-order valence-electron chi connectivity index (χ3n) is 2.61. The Bertz CT molecular complexity index is 622. The van der Waals surface area contributed by atoms with Crippen LogP contribution >= 0.6 is 11.6 Å². The highest BCUT2D eigenvalue weighted by molar-refractivity contribution is 7.91. The Morgan fingerprint density at radius 3 is 2.65 bits per heavy atom. The molecule has 0 fully saturated rings. The van der Waals surface area contributed by atoms with Crippen molar-refractivity contribution in [3.05, 3.63) is 35.4 Å². The van der Waals surface area contributed by atoms with E-state index in [-0.39, 0.29) is 27.0 Å². The van der Waals surface area contributed by atoms with Crippen molar-refractivity contribution in [3.8, 4) is 5.75 Å². The number of sulfone groups is 1. The van der Waals surface area contributed by atoms with Crippen LogP contribution < -0.4 is 4.74 Å². The maximum absolute atomic E-state index is 12.2. The van der Waals surface area contributed by atoms with Gasteiger partial charge in [0.25, 0.3) is 0 Å². The maximum Gasteiger partial charge on any atom is 0.339 e. The average molecular weight is 319 g/mol. The first-order chi connectivity index (χ1) is 9.33. The molecule has 0 heterocycles. The molecule has 20 heavy (non-hydrogen) atoms. The first-order valence-corrected chi connectivity index (χ1v) is 7.81. The summed E-state index contributed by atoms with van der Waals surface area (Å²) in [5.74, 6) is -1.62. The lowest BCUT2D eigenvalue weighted by atomic mass is 10.2. The van der Waals surface area contributed by atoms with Gasteiger partial charge in [-0.25, -0.2) is 13.2 Å². The van der Waals surface area contributed by atoms with Crippen LogP contribution in [0.25, 0.3) is 0 Å². The Morgan fingerprint density at radius 2 is 2.15 bits per heavy atom. The van der Waals surface area contributed by atoms with Gasteiger partial charge in [0, 0.05) is 5.02 Å². The number of methoxy groups -OCH3 is 1. The number of unbranched alkanes of at least 4 members (excludes halogenated alkanes) is 1. The van der Waals surface area contributed by atoms with Crippen LogP contribution in [-0.2, 0) is 9.84 Å². The summed E-state index contributed by atoms with van der Waals surface area (Å²) in [6.45, 7) is 3.52. The van der Waals surface area contributed by atoms with E-state index in [9.17, 15) is 13.2 Å². The number of aromatic carboxylic acids is 1. The largest absolute Gasteiger partial charge is 0.494 e.